The standard InChI is InChI=1S/C18H17BrO3/c1-2-18(14-6-4-3-5-7-14)16(22-18)12-21-17(20)13-8-10-15(19)11-9-13/h3-11,16H,2,12H2,1H3/t16-,18+/m0/s1. The van der Waals surface area contributed by atoms with Gasteiger partial charge in [0.2, 0.25) is 0 Å². The number of carbonyl (C=O) groups is 1. The molecule has 0 unspecified atom stereocenters. The molecule has 2 aromatic rings. The van der Waals surface area contributed by atoms with Crippen LogP contribution in [0.5, 0.6) is 0 Å². The van der Waals surface area contributed by atoms with E-state index in [1.165, 1.54) is 0 Å². The molecule has 0 saturated carbocycles. The van der Waals surface area contributed by atoms with Gasteiger partial charge in [-0.25, -0.2) is 4.79 Å². The SMILES string of the molecule is CC[C@]1(c2ccccc2)O[C@H]1COC(=O)c1ccc(Br)cc1. The van der Waals surface area contributed by atoms with Crippen LogP contribution in [0.2, 0.25) is 0 Å². The minimum atomic E-state index is -0.318. The van der Waals surface area contributed by atoms with Crippen LogP contribution in [0.3, 0.4) is 0 Å². The summed E-state index contributed by atoms with van der Waals surface area (Å²) in [5.41, 5.74) is 1.38. The fraction of sp³-hybridized carbons (Fsp3) is 0.278. The third-order valence-electron chi connectivity index (χ3n) is 4.05. The van der Waals surface area contributed by atoms with E-state index in [-0.39, 0.29) is 24.3 Å². The Balaban J connectivity index is 1.61. The lowest BCUT2D eigenvalue weighted by atomic mass is 9.93. The number of esters is 1. The second-order valence-corrected chi connectivity index (χ2v) is 6.24. The lowest BCUT2D eigenvalue weighted by molar-refractivity contribution is 0.0476. The molecule has 114 valence electrons. The molecule has 3 nitrogen and oxygen atoms in total. The fourth-order valence-electron chi connectivity index (χ4n) is 2.70. The molecular weight excluding hydrogens is 344 g/mol. The van der Waals surface area contributed by atoms with E-state index in [0.717, 1.165) is 16.5 Å². The van der Waals surface area contributed by atoms with Crippen molar-refractivity contribution in [2.24, 2.45) is 0 Å². The summed E-state index contributed by atoms with van der Waals surface area (Å²) in [7, 11) is 0. The van der Waals surface area contributed by atoms with Crippen molar-refractivity contribution in [3.05, 3.63) is 70.2 Å². The van der Waals surface area contributed by atoms with E-state index in [1.54, 1.807) is 12.1 Å². The highest BCUT2D eigenvalue weighted by atomic mass is 79.9. The van der Waals surface area contributed by atoms with Gasteiger partial charge in [-0.3, -0.25) is 0 Å². The highest BCUT2D eigenvalue weighted by Crippen LogP contribution is 2.49. The molecule has 4 heteroatoms. The summed E-state index contributed by atoms with van der Waals surface area (Å²) in [6.45, 7) is 2.36. The second-order valence-electron chi connectivity index (χ2n) is 5.32. The third kappa shape index (κ3) is 2.94. The largest absolute Gasteiger partial charge is 0.459 e. The van der Waals surface area contributed by atoms with E-state index in [4.69, 9.17) is 9.47 Å². The predicted molar refractivity (Wildman–Crippen MR) is 87.7 cm³/mol. The van der Waals surface area contributed by atoms with Gasteiger partial charge in [-0.1, -0.05) is 53.2 Å². The van der Waals surface area contributed by atoms with Gasteiger partial charge >= 0.3 is 5.97 Å². The molecule has 1 aliphatic heterocycles. The smallest absolute Gasteiger partial charge is 0.338 e. The molecule has 0 bridgehead atoms. The first-order valence-electron chi connectivity index (χ1n) is 7.32. The van der Waals surface area contributed by atoms with Gasteiger partial charge in [-0.05, 0) is 36.2 Å². The van der Waals surface area contributed by atoms with Gasteiger partial charge in [0.15, 0.2) is 0 Å². The summed E-state index contributed by atoms with van der Waals surface area (Å²) in [5.74, 6) is -0.318. The molecule has 0 amide bonds. The van der Waals surface area contributed by atoms with Crippen LogP contribution in [0.25, 0.3) is 0 Å². The van der Waals surface area contributed by atoms with E-state index >= 15 is 0 Å². The first kappa shape index (κ1) is 15.3. The maximum Gasteiger partial charge on any atom is 0.338 e. The summed E-state index contributed by atoms with van der Waals surface area (Å²) in [5, 5.41) is 0. The number of epoxide rings is 1. The molecule has 0 radical (unpaired) electrons. The van der Waals surface area contributed by atoms with Crippen molar-refractivity contribution in [1.82, 2.24) is 0 Å². The molecule has 1 aliphatic rings. The van der Waals surface area contributed by atoms with Gasteiger partial charge < -0.3 is 9.47 Å². The number of carbonyl (C=O) groups excluding carboxylic acids is 1. The normalized spacial score (nSPS) is 23.1. The quantitative estimate of drug-likeness (QED) is 0.589. The van der Waals surface area contributed by atoms with Crippen molar-refractivity contribution in [2.75, 3.05) is 6.61 Å². The van der Waals surface area contributed by atoms with Gasteiger partial charge in [-0.15, -0.1) is 0 Å². The van der Waals surface area contributed by atoms with Crippen LogP contribution in [0.15, 0.2) is 59.1 Å². The molecule has 2 atom stereocenters. The van der Waals surface area contributed by atoms with Gasteiger partial charge in [0.1, 0.15) is 18.3 Å². The highest BCUT2D eigenvalue weighted by molar-refractivity contribution is 9.10. The average molecular weight is 361 g/mol. The summed E-state index contributed by atoms with van der Waals surface area (Å²) in [6, 6.07) is 17.2. The first-order valence-corrected chi connectivity index (χ1v) is 8.11. The Labute approximate surface area is 138 Å². The van der Waals surface area contributed by atoms with Crippen molar-refractivity contribution in [2.45, 2.75) is 25.0 Å². The van der Waals surface area contributed by atoms with Crippen molar-refractivity contribution >= 4 is 21.9 Å². The van der Waals surface area contributed by atoms with Crippen LogP contribution < -0.4 is 0 Å². The topological polar surface area (TPSA) is 38.8 Å². The van der Waals surface area contributed by atoms with E-state index in [9.17, 15) is 4.79 Å². The summed E-state index contributed by atoms with van der Waals surface area (Å²) >= 11 is 3.34. The molecular formula is C18H17BrO3. The van der Waals surface area contributed by atoms with Crippen LogP contribution in [-0.2, 0) is 15.1 Å². The number of hydrogen-bond acceptors (Lipinski definition) is 3. The number of halogens is 1. The molecule has 0 N–H and O–H groups in total. The first-order chi connectivity index (χ1) is 10.7. The Bertz CT molecular complexity index is 654. The fourth-order valence-corrected chi connectivity index (χ4v) is 2.96. The second kappa shape index (κ2) is 6.23. The number of hydrogen-bond donors (Lipinski definition) is 0. The predicted octanol–water partition coefficient (Wildman–Crippen LogP) is 4.31. The van der Waals surface area contributed by atoms with Crippen LogP contribution in [0, 0.1) is 0 Å². The molecule has 0 spiro atoms. The Morgan fingerprint density at radius 2 is 1.86 bits per heavy atom. The van der Waals surface area contributed by atoms with Crippen molar-refractivity contribution in [3.63, 3.8) is 0 Å². The minimum absolute atomic E-state index is 0.0701. The van der Waals surface area contributed by atoms with E-state index in [0.29, 0.717) is 5.56 Å². The molecule has 1 fully saturated rings. The maximum absolute atomic E-state index is 12.0. The molecule has 1 saturated heterocycles. The summed E-state index contributed by atoms with van der Waals surface area (Å²) in [6.07, 6.45) is 0.789. The van der Waals surface area contributed by atoms with Gasteiger partial charge in [0.05, 0.1) is 5.56 Å². The average Bonchev–Trinajstić information content (AvgIpc) is 3.29. The Hall–Kier alpha value is -1.65. The van der Waals surface area contributed by atoms with E-state index in [1.807, 2.05) is 30.3 Å². The van der Waals surface area contributed by atoms with Gasteiger partial charge in [0, 0.05) is 4.47 Å². The molecule has 3 rings (SSSR count). The molecule has 2 aromatic carbocycles. The highest BCUT2D eigenvalue weighted by Gasteiger charge is 2.56. The Kier molecular flexibility index (Phi) is 4.32. The number of rotatable bonds is 5. The number of ether oxygens (including phenoxy) is 2. The lowest BCUT2D eigenvalue weighted by Crippen LogP contribution is -2.17. The van der Waals surface area contributed by atoms with Crippen LogP contribution >= 0.6 is 15.9 Å². The molecule has 22 heavy (non-hydrogen) atoms. The molecule has 0 aliphatic carbocycles. The molecule has 0 aromatic heterocycles. The Morgan fingerprint density at radius 1 is 1.18 bits per heavy atom. The number of benzene rings is 2. The third-order valence-corrected chi connectivity index (χ3v) is 4.58. The van der Waals surface area contributed by atoms with Crippen LogP contribution in [0.4, 0.5) is 0 Å². The maximum atomic E-state index is 12.0. The van der Waals surface area contributed by atoms with Crippen LogP contribution in [0.1, 0.15) is 29.3 Å². The van der Waals surface area contributed by atoms with E-state index in [2.05, 4.69) is 35.0 Å². The van der Waals surface area contributed by atoms with Crippen molar-refractivity contribution in [3.8, 4) is 0 Å². The summed E-state index contributed by atoms with van der Waals surface area (Å²) in [4.78, 5) is 12.0. The van der Waals surface area contributed by atoms with Crippen LogP contribution in [-0.4, -0.2) is 18.7 Å². The monoisotopic (exact) mass is 360 g/mol. The van der Waals surface area contributed by atoms with Crippen molar-refractivity contribution < 1.29 is 14.3 Å². The van der Waals surface area contributed by atoms with Crippen molar-refractivity contribution in [1.29, 1.82) is 0 Å². The van der Waals surface area contributed by atoms with Gasteiger partial charge in [0.25, 0.3) is 0 Å². The minimum Gasteiger partial charge on any atom is -0.459 e. The lowest BCUT2D eigenvalue weighted by Gasteiger charge is -2.11. The van der Waals surface area contributed by atoms with Gasteiger partial charge in [-0.2, -0.15) is 0 Å². The summed E-state index contributed by atoms with van der Waals surface area (Å²) < 4.78 is 12.2. The zero-order chi connectivity index (χ0) is 15.6. The Morgan fingerprint density at radius 3 is 2.50 bits per heavy atom. The van der Waals surface area contributed by atoms with E-state index < -0.39 is 0 Å². The zero-order valence-corrected chi connectivity index (χ0v) is 13.9. The zero-order valence-electron chi connectivity index (χ0n) is 12.3. The molecule has 1 heterocycles.